The van der Waals surface area contributed by atoms with Crippen LogP contribution in [0, 0.1) is 0 Å². The molecule has 0 aromatic carbocycles. The molecule has 9 unspecified atom stereocenters. The fourth-order valence-corrected chi connectivity index (χ4v) is 10.2. The van der Waals surface area contributed by atoms with Gasteiger partial charge in [-0.05, 0) is 12.8 Å². The summed E-state index contributed by atoms with van der Waals surface area (Å²) < 4.78 is 11.2. The van der Waals surface area contributed by atoms with Crippen molar-refractivity contribution in [3.05, 3.63) is 0 Å². The molecule has 70 heavy (non-hydrogen) atoms. The molecule has 0 bridgehead atoms. The van der Waals surface area contributed by atoms with Crippen LogP contribution < -0.4 is 5.32 Å². The lowest BCUT2D eigenvalue weighted by Gasteiger charge is -2.40. The fraction of sp³-hybridized carbons (Fsp3) is 0.983. The van der Waals surface area contributed by atoms with Crippen LogP contribution in [0.1, 0.15) is 303 Å². The second-order valence-electron chi connectivity index (χ2n) is 21.8. The Balaban J connectivity index is 2.21. The largest absolute Gasteiger partial charge is 0.394 e. The van der Waals surface area contributed by atoms with Gasteiger partial charge in [-0.25, -0.2) is 0 Å². The van der Waals surface area contributed by atoms with Crippen LogP contribution in [0.5, 0.6) is 0 Å². The number of aliphatic hydroxyl groups is 7. The first kappa shape index (κ1) is 67.1. The summed E-state index contributed by atoms with van der Waals surface area (Å²) in [4.78, 5) is 13.2. The first-order valence-corrected chi connectivity index (χ1v) is 30.4. The predicted octanol–water partition coefficient (Wildman–Crippen LogP) is 13.0. The highest BCUT2D eigenvalue weighted by Gasteiger charge is 2.44. The number of aliphatic hydroxyl groups excluding tert-OH is 7. The van der Waals surface area contributed by atoms with Crippen LogP contribution in [-0.4, -0.2) is 110 Å². The van der Waals surface area contributed by atoms with Crippen LogP contribution in [0.3, 0.4) is 0 Å². The van der Waals surface area contributed by atoms with Crippen molar-refractivity contribution < 1.29 is 50.0 Å². The second-order valence-corrected chi connectivity index (χ2v) is 21.8. The molecular formula is C59H117NO10. The summed E-state index contributed by atoms with van der Waals surface area (Å²) in [5, 5.41) is 76.2. The SMILES string of the molecule is CCCCCCCCCCCCCCCCCCCCCCCCCCCCCCCC(O)C(O)C(COC1OC(CO)C(O)C(O)C1O)NC(=O)C(O)CCCCCCCCCCCCCCCC. The fourth-order valence-electron chi connectivity index (χ4n) is 10.2. The van der Waals surface area contributed by atoms with Crippen molar-refractivity contribution in [3.8, 4) is 0 Å². The van der Waals surface area contributed by atoms with Crippen molar-refractivity contribution in [3.63, 3.8) is 0 Å². The van der Waals surface area contributed by atoms with Gasteiger partial charge in [0, 0.05) is 0 Å². The van der Waals surface area contributed by atoms with Gasteiger partial charge >= 0.3 is 0 Å². The molecule has 11 heteroatoms. The van der Waals surface area contributed by atoms with Gasteiger partial charge in [0.1, 0.15) is 36.6 Å². The van der Waals surface area contributed by atoms with Gasteiger partial charge in [-0.3, -0.25) is 4.79 Å². The minimum Gasteiger partial charge on any atom is -0.394 e. The number of hydrogen-bond donors (Lipinski definition) is 8. The van der Waals surface area contributed by atoms with Crippen LogP contribution in [0.2, 0.25) is 0 Å². The molecule has 1 rings (SSSR count). The van der Waals surface area contributed by atoms with E-state index in [0.717, 1.165) is 38.5 Å². The Morgan fingerprint density at radius 2 is 0.743 bits per heavy atom. The summed E-state index contributed by atoms with van der Waals surface area (Å²) >= 11 is 0. The van der Waals surface area contributed by atoms with Crippen molar-refractivity contribution in [2.24, 2.45) is 0 Å². The molecule has 9 atom stereocenters. The molecule has 8 N–H and O–H groups in total. The number of amides is 1. The third-order valence-electron chi connectivity index (χ3n) is 15.2. The van der Waals surface area contributed by atoms with Crippen LogP contribution in [0.25, 0.3) is 0 Å². The molecule has 1 aliphatic heterocycles. The lowest BCUT2D eigenvalue weighted by atomic mass is 9.98. The van der Waals surface area contributed by atoms with Crippen molar-refractivity contribution >= 4 is 5.91 Å². The van der Waals surface area contributed by atoms with Crippen LogP contribution in [0.4, 0.5) is 0 Å². The maximum absolute atomic E-state index is 13.2. The van der Waals surface area contributed by atoms with Crippen molar-refractivity contribution in [2.75, 3.05) is 13.2 Å². The molecule has 418 valence electrons. The second kappa shape index (κ2) is 49.0. The lowest BCUT2D eigenvalue weighted by Crippen LogP contribution is -2.60. The number of ether oxygens (including phenoxy) is 2. The van der Waals surface area contributed by atoms with Crippen molar-refractivity contribution in [2.45, 2.75) is 358 Å². The summed E-state index contributed by atoms with van der Waals surface area (Å²) in [6.07, 6.45) is 44.6. The Morgan fingerprint density at radius 3 is 1.06 bits per heavy atom. The first-order chi connectivity index (χ1) is 34.2. The Morgan fingerprint density at radius 1 is 0.443 bits per heavy atom. The molecule has 0 aromatic heterocycles. The maximum Gasteiger partial charge on any atom is 0.249 e. The van der Waals surface area contributed by atoms with E-state index in [1.54, 1.807) is 0 Å². The average Bonchev–Trinajstić information content (AvgIpc) is 3.36. The van der Waals surface area contributed by atoms with Gasteiger partial charge in [-0.15, -0.1) is 0 Å². The van der Waals surface area contributed by atoms with Gasteiger partial charge in [0.05, 0.1) is 25.4 Å². The molecule has 0 radical (unpaired) electrons. The van der Waals surface area contributed by atoms with E-state index in [1.807, 2.05) is 0 Å². The molecule has 0 aliphatic carbocycles. The zero-order chi connectivity index (χ0) is 51.1. The Labute approximate surface area is 430 Å². The van der Waals surface area contributed by atoms with Crippen molar-refractivity contribution in [1.29, 1.82) is 0 Å². The Bertz CT molecular complexity index is 1100. The number of hydrogen-bond acceptors (Lipinski definition) is 10. The third-order valence-corrected chi connectivity index (χ3v) is 15.2. The highest BCUT2D eigenvalue weighted by atomic mass is 16.7. The highest BCUT2D eigenvalue weighted by molar-refractivity contribution is 5.80. The normalized spacial score (nSPS) is 20.2. The quantitative estimate of drug-likeness (QED) is 0.0272. The van der Waals surface area contributed by atoms with E-state index in [-0.39, 0.29) is 6.42 Å². The molecule has 1 saturated heterocycles. The molecule has 0 spiro atoms. The predicted molar refractivity (Wildman–Crippen MR) is 289 cm³/mol. The zero-order valence-electron chi connectivity index (χ0n) is 45.8. The topological polar surface area (TPSA) is 189 Å². The number of carbonyl (C=O) groups excluding carboxylic acids is 1. The third kappa shape index (κ3) is 36.9. The molecule has 0 aromatic rings. The van der Waals surface area contributed by atoms with E-state index >= 15 is 0 Å². The molecular weight excluding hydrogens is 883 g/mol. The number of unbranched alkanes of at least 4 members (excludes halogenated alkanes) is 41. The van der Waals surface area contributed by atoms with E-state index in [4.69, 9.17) is 9.47 Å². The van der Waals surface area contributed by atoms with E-state index in [0.29, 0.717) is 19.3 Å². The van der Waals surface area contributed by atoms with Gasteiger partial charge in [0.15, 0.2) is 6.29 Å². The Kier molecular flexibility index (Phi) is 47.0. The Hall–Kier alpha value is -0.890. The van der Waals surface area contributed by atoms with Gasteiger partial charge in [-0.1, -0.05) is 290 Å². The standard InChI is InChI=1S/C59H117NO10/c1-3-5-7-9-11-13-15-17-19-20-21-22-23-24-25-26-27-28-29-30-31-32-33-35-36-38-40-42-44-46-51(62)54(64)50(49-69-59-57(67)56(66)55(65)53(48-61)70-59)60-58(68)52(63)47-45-43-41-39-37-34-18-16-14-12-10-8-6-4-2/h50-57,59,61-67H,3-49H2,1-2H3,(H,60,68). The van der Waals surface area contributed by atoms with E-state index in [1.165, 1.54) is 225 Å². The molecule has 1 heterocycles. The first-order valence-electron chi connectivity index (χ1n) is 30.4. The minimum atomic E-state index is -1.66. The smallest absolute Gasteiger partial charge is 0.249 e. The summed E-state index contributed by atoms with van der Waals surface area (Å²) in [6.45, 7) is 3.49. The highest BCUT2D eigenvalue weighted by Crippen LogP contribution is 2.24. The average molecular weight is 1000 g/mol. The summed E-state index contributed by atoms with van der Waals surface area (Å²) in [5.74, 6) is -0.691. The maximum atomic E-state index is 13.2. The van der Waals surface area contributed by atoms with Crippen LogP contribution >= 0.6 is 0 Å². The van der Waals surface area contributed by atoms with Crippen molar-refractivity contribution in [1.82, 2.24) is 5.32 Å². The summed E-state index contributed by atoms with van der Waals surface area (Å²) in [7, 11) is 0. The molecule has 1 aliphatic rings. The molecule has 1 amide bonds. The van der Waals surface area contributed by atoms with E-state index < -0.39 is 74.2 Å². The van der Waals surface area contributed by atoms with Gasteiger partial charge in [-0.2, -0.15) is 0 Å². The zero-order valence-corrected chi connectivity index (χ0v) is 45.8. The summed E-state index contributed by atoms with van der Waals surface area (Å²) in [6, 6.07) is -1.16. The van der Waals surface area contributed by atoms with E-state index in [9.17, 15) is 40.5 Å². The number of carbonyl (C=O) groups is 1. The molecule has 1 fully saturated rings. The number of rotatable bonds is 53. The lowest BCUT2D eigenvalue weighted by molar-refractivity contribution is -0.303. The van der Waals surface area contributed by atoms with Gasteiger partial charge in [0.2, 0.25) is 5.91 Å². The van der Waals surface area contributed by atoms with E-state index in [2.05, 4.69) is 19.2 Å². The van der Waals surface area contributed by atoms with Crippen LogP contribution in [0.15, 0.2) is 0 Å². The molecule has 0 saturated carbocycles. The van der Waals surface area contributed by atoms with Crippen LogP contribution in [-0.2, 0) is 14.3 Å². The summed E-state index contributed by atoms with van der Waals surface area (Å²) in [5.41, 5.74) is 0. The molecule has 11 nitrogen and oxygen atoms in total. The monoisotopic (exact) mass is 1000 g/mol. The minimum absolute atomic E-state index is 0.266. The van der Waals surface area contributed by atoms with Gasteiger partial charge < -0.3 is 50.5 Å². The number of nitrogens with one attached hydrogen (secondary N) is 1. The van der Waals surface area contributed by atoms with Gasteiger partial charge in [0.25, 0.3) is 0 Å².